The first-order chi connectivity index (χ1) is 11.7. The van der Waals surface area contributed by atoms with Gasteiger partial charge in [0, 0.05) is 18.5 Å². The SMILES string of the molecule is CC(CN1CCC(c2nc3ccc(F)cn3n2)CC1)N1CCCC1. The van der Waals surface area contributed by atoms with E-state index in [1.807, 2.05) is 0 Å². The molecule has 6 heteroatoms. The highest BCUT2D eigenvalue weighted by molar-refractivity contribution is 5.37. The average Bonchev–Trinajstić information content (AvgIpc) is 3.24. The number of fused-ring (bicyclic) bond motifs is 1. The molecule has 0 radical (unpaired) electrons. The van der Waals surface area contributed by atoms with E-state index in [-0.39, 0.29) is 5.82 Å². The molecular weight excluding hydrogens is 305 g/mol. The van der Waals surface area contributed by atoms with E-state index in [1.165, 1.54) is 38.2 Å². The van der Waals surface area contributed by atoms with Gasteiger partial charge < -0.3 is 4.90 Å². The molecule has 4 heterocycles. The number of piperidine rings is 1. The van der Waals surface area contributed by atoms with Crippen LogP contribution in [0.25, 0.3) is 5.65 Å². The van der Waals surface area contributed by atoms with Crippen molar-refractivity contribution in [1.29, 1.82) is 0 Å². The number of nitrogens with zero attached hydrogens (tertiary/aromatic N) is 5. The van der Waals surface area contributed by atoms with Crippen molar-refractivity contribution in [1.82, 2.24) is 24.4 Å². The predicted molar refractivity (Wildman–Crippen MR) is 91.6 cm³/mol. The second kappa shape index (κ2) is 6.76. The standard InChI is InChI=1S/C18H26FN5/c1-14(23-8-2-3-9-23)12-22-10-6-15(7-11-22)18-20-17-5-4-16(19)13-24(17)21-18/h4-5,13-15H,2-3,6-12H2,1H3. The van der Waals surface area contributed by atoms with E-state index in [2.05, 4.69) is 26.8 Å². The smallest absolute Gasteiger partial charge is 0.155 e. The van der Waals surface area contributed by atoms with Gasteiger partial charge >= 0.3 is 0 Å². The van der Waals surface area contributed by atoms with Gasteiger partial charge in [-0.05, 0) is 70.9 Å². The number of pyridine rings is 1. The number of aromatic nitrogens is 3. The van der Waals surface area contributed by atoms with Crippen molar-refractivity contribution < 1.29 is 4.39 Å². The molecule has 2 aromatic heterocycles. The van der Waals surface area contributed by atoms with Crippen molar-refractivity contribution in [2.45, 2.75) is 44.6 Å². The highest BCUT2D eigenvalue weighted by atomic mass is 19.1. The first-order valence-electron chi connectivity index (χ1n) is 9.17. The minimum Gasteiger partial charge on any atom is -0.302 e. The molecule has 1 atom stereocenters. The van der Waals surface area contributed by atoms with Crippen LogP contribution in [0, 0.1) is 5.82 Å². The summed E-state index contributed by atoms with van der Waals surface area (Å²) in [6.45, 7) is 8.25. The van der Waals surface area contributed by atoms with Gasteiger partial charge in [0.05, 0.1) is 6.20 Å². The summed E-state index contributed by atoms with van der Waals surface area (Å²) in [6, 6.07) is 3.79. The minimum atomic E-state index is -0.273. The Morgan fingerprint density at radius 2 is 1.92 bits per heavy atom. The molecule has 2 aromatic rings. The van der Waals surface area contributed by atoms with Crippen LogP contribution in [0.3, 0.4) is 0 Å². The van der Waals surface area contributed by atoms with Crippen LogP contribution in [0.4, 0.5) is 4.39 Å². The summed E-state index contributed by atoms with van der Waals surface area (Å²) in [4.78, 5) is 9.78. The Labute approximate surface area is 142 Å². The number of hydrogen-bond acceptors (Lipinski definition) is 4. The van der Waals surface area contributed by atoms with E-state index in [1.54, 1.807) is 10.6 Å². The molecule has 2 aliphatic rings. The molecule has 0 spiro atoms. The van der Waals surface area contributed by atoms with Gasteiger partial charge in [0.2, 0.25) is 0 Å². The number of hydrogen-bond donors (Lipinski definition) is 0. The molecular formula is C18H26FN5. The molecule has 0 bridgehead atoms. The summed E-state index contributed by atoms with van der Waals surface area (Å²) < 4.78 is 14.9. The lowest BCUT2D eigenvalue weighted by atomic mass is 9.96. The second-order valence-corrected chi connectivity index (χ2v) is 7.29. The molecule has 0 saturated carbocycles. The lowest BCUT2D eigenvalue weighted by Gasteiger charge is -2.35. The van der Waals surface area contributed by atoms with Crippen LogP contribution in [0.5, 0.6) is 0 Å². The van der Waals surface area contributed by atoms with Crippen molar-refractivity contribution in [3.8, 4) is 0 Å². The Morgan fingerprint density at radius 1 is 1.17 bits per heavy atom. The summed E-state index contributed by atoms with van der Waals surface area (Å²) in [5.41, 5.74) is 0.733. The van der Waals surface area contributed by atoms with Crippen LogP contribution < -0.4 is 0 Å². The first kappa shape index (κ1) is 16.0. The molecule has 1 unspecified atom stereocenters. The van der Waals surface area contributed by atoms with E-state index in [0.29, 0.717) is 12.0 Å². The number of halogens is 1. The Morgan fingerprint density at radius 3 is 2.67 bits per heavy atom. The Hall–Kier alpha value is -1.53. The van der Waals surface area contributed by atoms with Crippen molar-refractivity contribution in [3.05, 3.63) is 30.0 Å². The van der Waals surface area contributed by atoms with E-state index in [4.69, 9.17) is 0 Å². The second-order valence-electron chi connectivity index (χ2n) is 7.29. The Bertz CT molecular complexity index is 686. The molecule has 2 aliphatic heterocycles. The molecule has 2 saturated heterocycles. The first-order valence-corrected chi connectivity index (χ1v) is 9.17. The molecule has 24 heavy (non-hydrogen) atoms. The van der Waals surface area contributed by atoms with Crippen LogP contribution in [0.15, 0.2) is 18.3 Å². The number of rotatable bonds is 4. The van der Waals surface area contributed by atoms with Gasteiger partial charge in [-0.15, -0.1) is 0 Å². The summed E-state index contributed by atoms with van der Waals surface area (Å²) in [5, 5.41) is 4.49. The van der Waals surface area contributed by atoms with Gasteiger partial charge in [-0.2, -0.15) is 5.10 Å². The summed E-state index contributed by atoms with van der Waals surface area (Å²) in [5.74, 6) is 0.990. The summed E-state index contributed by atoms with van der Waals surface area (Å²) >= 11 is 0. The van der Waals surface area contributed by atoms with E-state index < -0.39 is 0 Å². The summed E-state index contributed by atoms with van der Waals surface area (Å²) in [7, 11) is 0. The molecule has 0 aromatic carbocycles. The zero-order chi connectivity index (χ0) is 16.5. The molecule has 4 rings (SSSR count). The van der Waals surface area contributed by atoms with Crippen LogP contribution >= 0.6 is 0 Å². The maximum Gasteiger partial charge on any atom is 0.155 e. The fourth-order valence-electron chi connectivity index (χ4n) is 4.09. The van der Waals surface area contributed by atoms with Crippen LogP contribution in [0.2, 0.25) is 0 Å². The van der Waals surface area contributed by atoms with Gasteiger partial charge in [-0.3, -0.25) is 4.90 Å². The molecule has 5 nitrogen and oxygen atoms in total. The lowest BCUT2D eigenvalue weighted by Crippen LogP contribution is -2.43. The van der Waals surface area contributed by atoms with Gasteiger partial charge in [-0.25, -0.2) is 13.9 Å². The lowest BCUT2D eigenvalue weighted by molar-refractivity contribution is 0.144. The van der Waals surface area contributed by atoms with E-state index >= 15 is 0 Å². The van der Waals surface area contributed by atoms with Crippen LogP contribution in [-0.2, 0) is 0 Å². The topological polar surface area (TPSA) is 36.7 Å². The third-order valence-electron chi connectivity index (χ3n) is 5.55. The highest BCUT2D eigenvalue weighted by Gasteiger charge is 2.26. The molecule has 0 amide bonds. The zero-order valence-electron chi connectivity index (χ0n) is 14.4. The maximum absolute atomic E-state index is 13.3. The van der Waals surface area contributed by atoms with Crippen LogP contribution in [-0.4, -0.2) is 63.2 Å². The molecule has 2 fully saturated rings. The Balaban J connectivity index is 1.34. The molecule has 0 N–H and O–H groups in total. The van der Waals surface area contributed by atoms with Gasteiger partial charge in [0.25, 0.3) is 0 Å². The number of likely N-dealkylation sites (tertiary alicyclic amines) is 2. The van der Waals surface area contributed by atoms with Crippen molar-refractivity contribution >= 4 is 5.65 Å². The van der Waals surface area contributed by atoms with Gasteiger partial charge in [-0.1, -0.05) is 0 Å². The predicted octanol–water partition coefficient (Wildman–Crippen LogP) is 2.53. The van der Waals surface area contributed by atoms with E-state index in [9.17, 15) is 4.39 Å². The van der Waals surface area contributed by atoms with Gasteiger partial charge in [0.1, 0.15) is 5.82 Å². The Kier molecular flexibility index (Phi) is 4.50. The fourth-order valence-corrected chi connectivity index (χ4v) is 4.09. The quantitative estimate of drug-likeness (QED) is 0.863. The third-order valence-corrected chi connectivity index (χ3v) is 5.55. The third kappa shape index (κ3) is 3.30. The highest BCUT2D eigenvalue weighted by Crippen LogP contribution is 2.26. The minimum absolute atomic E-state index is 0.273. The zero-order valence-corrected chi connectivity index (χ0v) is 14.4. The fraction of sp³-hybridized carbons (Fsp3) is 0.667. The monoisotopic (exact) mass is 331 g/mol. The molecule has 0 aliphatic carbocycles. The van der Waals surface area contributed by atoms with Crippen LogP contribution in [0.1, 0.15) is 44.3 Å². The molecule has 130 valence electrons. The summed E-state index contributed by atoms with van der Waals surface area (Å²) in [6.07, 6.45) is 6.29. The maximum atomic E-state index is 13.3. The largest absolute Gasteiger partial charge is 0.302 e. The van der Waals surface area contributed by atoms with Crippen molar-refractivity contribution in [3.63, 3.8) is 0 Å². The van der Waals surface area contributed by atoms with E-state index in [0.717, 1.165) is 43.9 Å². The van der Waals surface area contributed by atoms with Crippen molar-refractivity contribution in [2.75, 3.05) is 32.7 Å². The average molecular weight is 331 g/mol. The van der Waals surface area contributed by atoms with Crippen molar-refractivity contribution in [2.24, 2.45) is 0 Å². The normalized spacial score (nSPS) is 22.4. The van der Waals surface area contributed by atoms with Gasteiger partial charge in [0.15, 0.2) is 11.5 Å².